The number of amides is 1. The zero-order valence-corrected chi connectivity index (χ0v) is 49.8. The van der Waals surface area contributed by atoms with Crippen LogP contribution in [0.3, 0.4) is 0 Å². The summed E-state index contributed by atoms with van der Waals surface area (Å²) in [5, 5.41) is 33.9. The summed E-state index contributed by atoms with van der Waals surface area (Å²) in [7, 11) is 0. The van der Waals surface area contributed by atoms with Gasteiger partial charge in [0.05, 0.1) is 18.8 Å². The number of aliphatic hydroxyl groups is 3. The van der Waals surface area contributed by atoms with E-state index in [2.05, 4.69) is 43.5 Å². The van der Waals surface area contributed by atoms with Crippen LogP contribution in [0.15, 0.2) is 24.3 Å². The molecule has 3 atom stereocenters. The van der Waals surface area contributed by atoms with Crippen molar-refractivity contribution in [3.05, 3.63) is 24.3 Å². The first kappa shape index (κ1) is 71.8. The van der Waals surface area contributed by atoms with Crippen LogP contribution in [-0.2, 0) is 4.79 Å². The van der Waals surface area contributed by atoms with Crippen LogP contribution in [-0.4, -0.2) is 46.1 Å². The van der Waals surface area contributed by atoms with Gasteiger partial charge in [-0.3, -0.25) is 4.79 Å². The molecule has 0 fully saturated rings. The lowest BCUT2D eigenvalue weighted by molar-refractivity contribution is -0.124. The van der Waals surface area contributed by atoms with Gasteiger partial charge < -0.3 is 20.6 Å². The van der Waals surface area contributed by atoms with Crippen LogP contribution in [0.1, 0.15) is 380 Å². The normalized spacial score (nSPS) is 13.2. The fourth-order valence-corrected chi connectivity index (χ4v) is 10.9. The van der Waals surface area contributed by atoms with Gasteiger partial charge in [-0.1, -0.05) is 346 Å². The topological polar surface area (TPSA) is 89.8 Å². The summed E-state index contributed by atoms with van der Waals surface area (Å²) in [5.41, 5.74) is 0. The highest BCUT2D eigenvalue weighted by Gasteiger charge is 2.26. The molecule has 3 unspecified atom stereocenters. The van der Waals surface area contributed by atoms with E-state index in [9.17, 15) is 20.1 Å². The molecule has 0 heterocycles. The number of aliphatic hydroxyl groups excluding tert-OH is 3. The van der Waals surface area contributed by atoms with Crippen LogP contribution in [0.2, 0.25) is 0 Å². The Hall–Kier alpha value is -1.17. The molecule has 0 saturated carbocycles. The lowest BCUT2D eigenvalue weighted by Gasteiger charge is -2.26. The third-order valence-electron chi connectivity index (χ3n) is 16.0. The molecule has 0 aliphatic rings. The molecule has 5 heteroatoms. The number of carbonyl (C=O) groups is 1. The Labute approximate surface area is 458 Å². The van der Waals surface area contributed by atoms with Gasteiger partial charge in [0.15, 0.2) is 0 Å². The summed E-state index contributed by atoms with van der Waals surface area (Å²) in [6, 6.07) is -0.831. The van der Waals surface area contributed by atoms with E-state index in [0.717, 1.165) is 44.9 Å². The van der Waals surface area contributed by atoms with Gasteiger partial charge in [0.2, 0.25) is 5.91 Å². The van der Waals surface area contributed by atoms with Crippen LogP contribution >= 0.6 is 0 Å². The highest BCUT2D eigenvalue weighted by Crippen LogP contribution is 2.19. The Morgan fingerprint density at radius 2 is 0.562 bits per heavy atom. The number of carbonyl (C=O) groups excluding carboxylic acids is 1. The summed E-state index contributed by atoms with van der Waals surface area (Å²) in [6.45, 7) is 4.22. The predicted molar refractivity (Wildman–Crippen MR) is 324 cm³/mol. The van der Waals surface area contributed by atoms with Crippen molar-refractivity contribution in [3.8, 4) is 0 Å². The standard InChI is InChI=1S/C68H133NO4/c1-3-5-7-9-11-13-15-17-19-21-23-25-27-29-30-31-32-33-34-35-36-37-38-39-41-43-45-47-49-51-53-55-57-59-61-63-67(72)69-65(64-70)68(73)66(71)62-60-58-56-54-52-50-48-46-44-42-40-28-26-24-22-20-18-16-14-12-10-8-6-4-2/h46,48,54,56,65-66,68,70-71,73H,3-45,47,49-53,55,57-64H2,1-2H3,(H,69,72)/b48-46+,56-54+. The molecule has 1 amide bonds. The summed E-state index contributed by atoms with van der Waals surface area (Å²) >= 11 is 0. The maximum atomic E-state index is 12.6. The van der Waals surface area contributed by atoms with Crippen molar-refractivity contribution in [2.75, 3.05) is 6.61 Å². The van der Waals surface area contributed by atoms with Crippen molar-refractivity contribution in [2.45, 2.75) is 398 Å². The molecule has 0 spiro atoms. The third-order valence-corrected chi connectivity index (χ3v) is 16.0. The number of rotatable bonds is 63. The molecule has 5 nitrogen and oxygen atoms in total. The molecule has 0 bridgehead atoms. The number of hydrogen-bond acceptors (Lipinski definition) is 4. The van der Waals surface area contributed by atoms with Gasteiger partial charge in [0.1, 0.15) is 6.10 Å². The van der Waals surface area contributed by atoms with Gasteiger partial charge in [0.25, 0.3) is 0 Å². The van der Waals surface area contributed by atoms with Crippen molar-refractivity contribution in [1.82, 2.24) is 5.32 Å². The average Bonchev–Trinajstić information content (AvgIpc) is 3.40. The van der Waals surface area contributed by atoms with E-state index in [0.29, 0.717) is 12.8 Å². The largest absolute Gasteiger partial charge is 0.394 e. The second-order valence-corrected chi connectivity index (χ2v) is 23.4. The monoisotopic (exact) mass is 1030 g/mol. The molecular weight excluding hydrogens is 895 g/mol. The van der Waals surface area contributed by atoms with Crippen molar-refractivity contribution in [1.29, 1.82) is 0 Å². The molecule has 0 rings (SSSR count). The molecule has 4 N–H and O–H groups in total. The minimum atomic E-state index is -1.17. The molecule has 0 aromatic carbocycles. The first-order chi connectivity index (χ1) is 36.1. The molecule has 0 aromatic rings. The van der Waals surface area contributed by atoms with Crippen LogP contribution in [0, 0.1) is 0 Å². The van der Waals surface area contributed by atoms with Crippen molar-refractivity contribution in [2.24, 2.45) is 0 Å². The number of allylic oxidation sites excluding steroid dienone is 4. The summed E-state index contributed by atoms with van der Waals surface area (Å²) in [4.78, 5) is 12.6. The van der Waals surface area contributed by atoms with Gasteiger partial charge in [-0.05, 0) is 51.4 Å². The first-order valence-corrected chi connectivity index (χ1v) is 33.6. The number of hydrogen-bond donors (Lipinski definition) is 4. The van der Waals surface area contributed by atoms with Gasteiger partial charge in [0, 0.05) is 6.42 Å². The quantitative estimate of drug-likeness (QED) is 0.0361. The van der Waals surface area contributed by atoms with Gasteiger partial charge in [-0.15, -0.1) is 0 Å². The maximum Gasteiger partial charge on any atom is 0.220 e. The molecular formula is C68H133NO4. The second-order valence-electron chi connectivity index (χ2n) is 23.4. The maximum absolute atomic E-state index is 12.6. The SMILES string of the molecule is CCCCCCCCCCCCCCCCC/C=C/CC/C=C/CCCC(O)C(O)C(CO)NC(=O)CCCCCCCCCCCCCCCCCCCCCCCCCCCCCCCCCCCCC. The fourth-order valence-electron chi connectivity index (χ4n) is 10.9. The molecule has 0 radical (unpaired) electrons. The number of unbranched alkanes of at least 4 members (excludes halogenated alkanes) is 51. The Morgan fingerprint density at radius 1 is 0.329 bits per heavy atom. The molecule has 0 aromatic heterocycles. The Bertz CT molecular complexity index is 1090. The molecule has 0 saturated heterocycles. The van der Waals surface area contributed by atoms with Crippen LogP contribution in [0.25, 0.3) is 0 Å². The van der Waals surface area contributed by atoms with E-state index in [-0.39, 0.29) is 12.5 Å². The van der Waals surface area contributed by atoms with E-state index in [1.165, 1.54) is 308 Å². The van der Waals surface area contributed by atoms with E-state index in [4.69, 9.17) is 0 Å². The van der Waals surface area contributed by atoms with Gasteiger partial charge >= 0.3 is 0 Å². The zero-order valence-electron chi connectivity index (χ0n) is 49.8. The van der Waals surface area contributed by atoms with Crippen molar-refractivity contribution >= 4 is 5.91 Å². The summed E-state index contributed by atoms with van der Waals surface area (Å²) < 4.78 is 0. The molecule has 73 heavy (non-hydrogen) atoms. The highest BCUT2D eigenvalue weighted by atomic mass is 16.3. The molecule has 434 valence electrons. The van der Waals surface area contributed by atoms with Gasteiger partial charge in [-0.2, -0.15) is 0 Å². The lowest BCUT2D eigenvalue weighted by Crippen LogP contribution is -2.50. The highest BCUT2D eigenvalue weighted by molar-refractivity contribution is 5.76. The minimum absolute atomic E-state index is 0.150. The second kappa shape index (κ2) is 63.4. The smallest absolute Gasteiger partial charge is 0.220 e. The van der Waals surface area contributed by atoms with E-state index in [1.54, 1.807) is 0 Å². The Morgan fingerprint density at radius 3 is 0.836 bits per heavy atom. The van der Waals surface area contributed by atoms with Gasteiger partial charge in [-0.25, -0.2) is 0 Å². The van der Waals surface area contributed by atoms with E-state index < -0.39 is 18.2 Å². The van der Waals surface area contributed by atoms with Crippen molar-refractivity contribution < 1.29 is 20.1 Å². The zero-order chi connectivity index (χ0) is 52.9. The summed E-state index contributed by atoms with van der Waals surface area (Å²) in [6.07, 6.45) is 82.5. The average molecular weight is 1030 g/mol. The fraction of sp³-hybridized carbons (Fsp3) is 0.926. The third kappa shape index (κ3) is 58.4. The van der Waals surface area contributed by atoms with E-state index in [1.807, 2.05) is 0 Å². The van der Waals surface area contributed by atoms with E-state index >= 15 is 0 Å². The molecule has 0 aliphatic carbocycles. The lowest BCUT2D eigenvalue weighted by atomic mass is 10.0. The first-order valence-electron chi connectivity index (χ1n) is 33.6. The Kier molecular flexibility index (Phi) is 62.3. The minimum Gasteiger partial charge on any atom is -0.394 e. The molecule has 0 aliphatic heterocycles. The predicted octanol–water partition coefficient (Wildman–Crippen LogP) is 21.6. The van der Waals surface area contributed by atoms with Crippen LogP contribution in [0.5, 0.6) is 0 Å². The summed E-state index contributed by atoms with van der Waals surface area (Å²) in [5.74, 6) is -0.150. The van der Waals surface area contributed by atoms with Crippen molar-refractivity contribution in [3.63, 3.8) is 0 Å². The van der Waals surface area contributed by atoms with Crippen LogP contribution in [0.4, 0.5) is 0 Å². The number of nitrogens with one attached hydrogen (secondary N) is 1. The Balaban J connectivity index is 3.48. The van der Waals surface area contributed by atoms with Crippen LogP contribution < -0.4 is 5.32 Å².